The lowest BCUT2D eigenvalue weighted by Crippen LogP contribution is -2.41. The van der Waals surface area contributed by atoms with Gasteiger partial charge < -0.3 is 9.47 Å². The van der Waals surface area contributed by atoms with Gasteiger partial charge >= 0.3 is 0 Å². The number of rotatable bonds is 7. The smallest absolute Gasteiger partial charge is 0.271 e. The van der Waals surface area contributed by atoms with Crippen LogP contribution in [0.3, 0.4) is 0 Å². The Morgan fingerprint density at radius 2 is 1.77 bits per heavy atom. The second kappa shape index (κ2) is 9.68. The number of hydrogen-bond donors (Lipinski definition) is 2. The van der Waals surface area contributed by atoms with Crippen molar-refractivity contribution in [3.05, 3.63) is 58.6 Å². The first-order valence-electron chi connectivity index (χ1n) is 8.22. The molecule has 0 spiro atoms. The Balaban J connectivity index is 2.00. The van der Waals surface area contributed by atoms with E-state index in [2.05, 4.69) is 17.8 Å². The van der Waals surface area contributed by atoms with E-state index in [1.807, 2.05) is 0 Å². The van der Waals surface area contributed by atoms with Crippen LogP contribution in [0.5, 0.6) is 11.5 Å². The van der Waals surface area contributed by atoms with Gasteiger partial charge in [-0.3, -0.25) is 20.4 Å². The number of ether oxygens (including phenoxy) is 2. The van der Waals surface area contributed by atoms with Crippen LogP contribution in [0.4, 0.5) is 0 Å². The summed E-state index contributed by atoms with van der Waals surface area (Å²) in [5.41, 5.74) is 5.28. The van der Waals surface area contributed by atoms with Gasteiger partial charge in [0.05, 0.1) is 24.3 Å². The van der Waals surface area contributed by atoms with E-state index in [1.165, 1.54) is 7.11 Å². The highest BCUT2D eigenvalue weighted by Crippen LogP contribution is 2.28. The predicted molar refractivity (Wildman–Crippen MR) is 99.8 cm³/mol. The van der Waals surface area contributed by atoms with Gasteiger partial charge in [0.25, 0.3) is 11.8 Å². The molecular formula is C19H21ClN2O4. The summed E-state index contributed by atoms with van der Waals surface area (Å²) in [5, 5.41) is 0.300. The molecule has 0 fully saturated rings. The highest BCUT2D eigenvalue weighted by Gasteiger charge is 2.14. The number of hydrazine groups is 1. The lowest BCUT2D eigenvalue weighted by Gasteiger charge is -2.12. The van der Waals surface area contributed by atoms with Crippen LogP contribution in [0, 0.1) is 0 Å². The first kappa shape index (κ1) is 19.6. The fraction of sp³-hybridized carbons (Fsp3) is 0.263. The SMILES string of the molecule is CCCCOc1ccc(C(=O)NNC(=O)c2ccccc2Cl)cc1OC. The molecule has 7 heteroatoms. The summed E-state index contributed by atoms with van der Waals surface area (Å²) in [6, 6.07) is 11.4. The number of carbonyl (C=O) groups excluding carboxylic acids is 2. The molecule has 2 aromatic carbocycles. The van der Waals surface area contributed by atoms with Crippen molar-refractivity contribution in [3.63, 3.8) is 0 Å². The zero-order valence-corrected chi connectivity index (χ0v) is 15.4. The standard InChI is InChI=1S/C19H21ClN2O4/c1-3-4-11-26-16-10-9-13(12-17(16)25-2)18(23)21-22-19(24)14-7-5-6-8-15(14)20/h5-10,12H,3-4,11H2,1-2H3,(H,21,23)(H,22,24). The zero-order valence-electron chi connectivity index (χ0n) is 14.7. The number of benzene rings is 2. The van der Waals surface area contributed by atoms with Crippen molar-refractivity contribution in [2.24, 2.45) is 0 Å². The molecule has 2 aromatic rings. The minimum Gasteiger partial charge on any atom is -0.493 e. The van der Waals surface area contributed by atoms with Crippen LogP contribution in [0.25, 0.3) is 0 Å². The monoisotopic (exact) mass is 376 g/mol. The third-order valence-corrected chi connectivity index (χ3v) is 3.92. The van der Waals surface area contributed by atoms with Crippen LogP contribution in [-0.4, -0.2) is 25.5 Å². The molecule has 0 aromatic heterocycles. The Kier molecular flexibility index (Phi) is 7.29. The second-order valence-electron chi connectivity index (χ2n) is 5.46. The lowest BCUT2D eigenvalue weighted by molar-refractivity contribution is 0.0846. The van der Waals surface area contributed by atoms with Crippen molar-refractivity contribution in [1.82, 2.24) is 10.9 Å². The zero-order chi connectivity index (χ0) is 18.9. The van der Waals surface area contributed by atoms with E-state index in [-0.39, 0.29) is 5.56 Å². The Morgan fingerprint density at radius 1 is 1.04 bits per heavy atom. The van der Waals surface area contributed by atoms with Crippen LogP contribution in [0.15, 0.2) is 42.5 Å². The maximum absolute atomic E-state index is 12.2. The van der Waals surface area contributed by atoms with E-state index in [0.717, 1.165) is 12.8 Å². The predicted octanol–water partition coefficient (Wildman–Crippen LogP) is 3.60. The van der Waals surface area contributed by atoms with E-state index < -0.39 is 11.8 Å². The van der Waals surface area contributed by atoms with Gasteiger partial charge in [-0.05, 0) is 36.8 Å². The van der Waals surface area contributed by atoms with Crippen molar-refractivity contribution < 1.29 is 19.1 Å². The molecule has 0 aliphatic rings. The van der Waals surface area contributed by atoms with Gasteiger partial charge in [0, 0.05) is 5.56 Å². The number of nitrogens with one attached hydrogen (secondary N) is 2. The van der Waals surface area contributed by atoms with E-state index in [9.17, 15) is 9.59 Å². The number of unbranched alkanes of at least 4 members (excludes halogenated alkanes) is 1. The maximum Gasteiger partial charge on any atom is 0.271 e. The first-order valence-corrected chi connectivity index (χ1v) is 8.60. The molecule has 0 saturated carbocycles. The highest BCUT2D eigenvalue weighted by molar-refractivity contribution is 6.33. The van der Waals surface area contributed by atoms with Crippen molar-refractivity contribution in [1.29, 1.82) is 0 Å². The fourth-order valence-electron chi connectivity index (χ4n) is 2.15. The topological polar surface area (TPSA) is 76.7 Å². The first-order chi connectivity index (χ1) is 12.6. The molecule has 0 radical (unpaired) electrons. The minimum absolute atomic E-state index is 0.270. The number of hydrogen-bond acceptors (Lipinski definition) is 4. The highest BCUT2D eigenvalue weighted by atomic mass is 35.5. The summed E-state index contributed by atoms with van der Waals surface area (Å²) in [4.78, 5) is 24.3. The molecule has 138 valence electrons. The molecular weight excluding hydrogens is 356 g/mol. The van der Waals surface area contributed by atoms with Crippen LogP contribution in [-0.2, 0) is 0 Å². The van der Waals surface area contributed by atoms with Gasteiger partial charge in [-0.2, -0.15) is 0 Å². The Hall–Kier alpha value is -2.73. The number of amides is 2. The summed E-state index contributed by atoms with van der Waals surface area (Å²) in [6.07, 6.45) is 1.95. The molecule has 6 nitrogen and oxygen atoms in total. The quantitative estimate of drug-likeness (QED) is 0.571. The van der Waals surface area contributed by atoms with Crippen LogP contribution < -0.4 is 20.3 Å². The average Bonchev–Trinajstić information content (AvgIpc) is 2.66. The average molecular weight is 377 g/mol. The Morgan fingerprint density at radius 3 is 2.46 bits per heavy atom. The van der Waals surface area contributed by atoms with E-state index in [4.69, 9.17) is 21.1 Å². The molecule has 0 unspecified atom stereocenters. The maximum atomic E-state index is 12.2. The van der Waals surface area contributed by atoms with Gasteiger partial charge in [0.15, 0.2) is 11.5 Å². The summed E-state index contributed by atoms with van der Waals surface area (Å²) >= 11 is 5.96. The molecule has 2 N–H and O–H groups in total. The van der Waals surface area contributed by atoms with E-state index in [1.54, 1.807) is 42.5 Å². The largest absolute Gasteiger partial charge is 0.493 e. The van der Waals surface area contributed by atoms with Crippen molar-refractivity contribution in [3.8, 4) is 11.5 Å². The summed E-state index contributed by atoms with van der Waals surface area (Å²) in [5.74, 6) is 0.0306. The van der Waals surface area contributed by atoms with Crippen molar-refractivity contribution >= 4 is 23.4 Å². The fourth-order valence-corrected chi connectivity index (χ4v) is 2.37. The Bertz CT molecular complexity index is 780. The van der Waals surface area contributed by atoms with Crippen LogP contribution in [0.2, 0.25) is 5.02 Å². The van der Waals surface area contributed by atoms with Gasteiger partial charge in [-0.25, -0.2) is 0 Å². The van der Waals surface area contributed by atoms with Crippen LogP contribution >= 0.6 is 11.6 Å². The van der Waals surface area contributed by atoms with Crippen LogP contribution in [0.1, 0.15) is 40.5 Å². The third kappa shape index (κ3) is 5.13. The number of halogens is 1. The lowest BCUT2D eigenvalue weighted by atomic mass is 10.2. The molecule has 0 saturated heterocycles. The summed E-state index contributed by atoms with van der Waals surface area (Å²) in [6.45, 7) is 2.65. The van der Waals surface area contributed by atoms with Gasteiger partial charge in [0.1, 0.15) is 0 Å². The molecule has 0 atom stereocenters. The Labute approximate surface area is 157 Å². The normalized spacial score (nSPS) is 10.1. The van der Waals surface area contributed by atoms with Gasteiger partial charge in [-0.1, -0.05) is 37.1 Å². The van der Waals surface area contributed by atoms with E-state index in [0.29, 0.717) is 28.7 Å². The molecule has 0 bridgehead atoms. The molecule has 0 aliphatic carbocycles. The van der Waals surface area contributed by atoms with Crippen molar-refractivity contribution in [2.45, 2.75) is 19.8 Å². The second-order valence-corrected chi connectivity index (χ2v) is 5.86. The summed E-state index contributed by atoms with van der Waals surface area (Å²) < 4.78 is 10.9. The van der Waals surface area contributed by atoms with E-state index >= 15 is 0 Å². The molecule has 0 heterocycles. The number of methoxy groups -OCH3 is 1. The molecule has 26 heavy (non-hydrogen) atoms. The minimum atomic E-state index is -0.504. The van der Waals surface area contributed by atoms with Crippen molar-refractivity contribution in [2.75, 3.05) is 13.7 Å². The van der Waals surface area contributed by atoms with Gasteiger partial charge in [0.2, 0.25) is 0 Å². The molecule has 2 amide bonds. The molecule has 2 rings (SSSR count). The van der Waals surface area contributed by atoms with Gasteiger partial charge in [-0.15, -0.1) is 0 Å². The third-order valence-electron chi connectivity index (χ3n) is 3.59. The molecule has 0 aliphatic heterocycles. The summed E-state index contributed by atoms with van der Waals surface area (Å²) in [7, 11) is 1.50. The number of carbonyl (C=O) groups is 2.